The number of hydrogen-bond donors (Lipinski definition) is 2. The van der Waals surface area contributed by atoms with Crippen LogP contribution in [-0.2, 0) is 14.3 Å². The number of amides is 3. The summed E-state index contributed by atoms with van der Waals surface area (Å²) < 4.78 is 5.35. The van der Waals surface area contributed by atoms with Crippen LogP contribution in [0.5, 0.6) is 0 Å². The molecule has 26 heavy (non-hydrogen) atoms. The minimum atomic E-state index is -0.610. The highest BCUT2D eigenvalue weighted by Gasteiger charge is 2.35. The number of ether oxygens (including phenoxy) is 1. The van der Waals surface area contributed by atoms with Gasteiger partial charge >= 0.3 is 12.0 Å². The Morgan fingerprint density at radius 2 is 1.88 bits per heavy atom. The second-order valence-electron chi connectivity index (χ2n) is 6.42. The topological polar surface area (TPSA) is 87.7 Å². The van der Waals surface area contributed by atoms with E-state index in [9.17, 15) is 14.4 Å². The highest BCUT2D eigenvalue weighted by Crippen LogP contribution is 2.31. The van der Waals surface area contributed by atoms with Gasteiger partial charge in [0, 0.05) is 24.9 Å². The maximum atomic E-state index is 12.6. The summed E-state index contributed by atoms with van der Waals surface area (Å²) in [6.45, 7) is 7.05. The smallest absolute Gasteiger partial charge is 0.338 e. The van der Waals surface area contributed by atoms with E-state index in [4.69, 9.17) is 4.74 Å². The third kappa shape index (κ3) is 4.22. The number of anilines is 1. The van der Waals surface area contributed by atoms with E-state index in [1.807, 2.05) is 0 Å². The molecule has 0 saturated carbocycles. The van der Waals surface area contributed by atoms with E-state index in [-0.39, 0.29) is 18.0 Å². The van der Waals surface area contributed by atoms with Crippen LogP contribution in [0, 0.1) is 0 Å². The van der Waals surface area contributed by atoms with Gasteiger partial charge in [-0.1, -0.05) is 19.1 Å². The van der Waals surface area contributed by atoms with Crippen LogP contribution in [0.1, 0.15) is 45.7 Å². The van der Waals surface area contributed by atoms with Gasteiger partial charge < -0.3 is 20.3 Å². The average molecular weight is 359 g/mol. The fourth-order valence-electron chi connectivity index (χ4n) is 2.64. The Hall–Kier alpha value is -2.83. The van der Waals surface area contributed by atoms with Gasteiger partial charge in [0.15, 0.2) is 0 Å². The zero-order chi connectivity index (χ0) is 19.4. The van der Waals surface area contributed by atoms with Gasteiger partial charge in [0.05, 0.1) is 17.7 Å². The van der Waals surface area contributed by atoms with Gasteiger partial charge in [-0.3, -0.25) is 4.79 Å². The molecule has 7 nitrogen and oxygen atoms in total. The van der Waals surface area contributed by atoms with Gasteiger partial charge in [-0.05, 0) is 38.5 Å². The van der Waals surface area contributed by atoms with Crippen molar-refractivity contribution in [3.05, 3.63) is 41.1 Å². The second-order valence-corrected chi connectivity index (χ2v) is 6.42. The zero-order valence-electron chi connectivity index (χ0n) is 15.8. The highest BCUT2D eigenvalue weighted by molar-refractivity contribution is 5.95. The quantitative estimate of drug-likeness (QED) is 0.791. The minimum Gasteiger partial charge on any atom is -0.459 e. The van der Waals surface area contributed by atoms with Crippen molar-refractivity contribution in [1.82, 2.24) is 10.2 Å². The fourth-order valence-corrected chi connectivity index (χ4v) is 2.64. The summed E-state index contributed by atoms with van der Waals surface area (Å²) in [5.41, 5.74) is 2.33. The Kier molecular flexibility index (Phi) is 6.02. The minimum absolute atomic E-state index is 0.0812. The zero-order valence-corrected chi connectivity index (χ0v) is 15.8. The van der Waals surface area contributed by atoms with Crippen molar-refractivity contribution >= 4 is 23.6 Å². The van der Waals surface area contributed by atoms with Gasteiger partial charge in [0.2, 0.25) is 5.91 Å². The Morgan fingerprint density at radius 1 is 1.27 bits per heavy atom. The van der Waals surface area contributed by atoms with Crippen LogP contribution in [0.2, 0.25) is 0 Å². The van der Waals surface area contributed by atoms with Crippen LogP contribution in [0.4, 0.5) is 10.5 Å². The van der Waals surface area contributed by atoms with Crippen molar-refractivity contribution < 1.29 is 19.1 Å². The maximum Gasteiger partial charge on any atom is 0.338 e. The van der Waals surface area contributed by atoms with E-state index in [2.05, 4.69) is 10.6 Å². The molecule has 2 N–H and O–H groups in total. The molecular formula is C19H25N3O4. The fraction of sp³-hybridized carbons (Fsp3) is 0.421. The van der Waals surface area contributed by atoms with Crippen molar-refractivity contribution in [2.45, 2.75) is 46.3 Å². The van der Waals surface area contributed by atoms with E-state index in [1.165, 1.54) is 4.90 Å². The SMILES string of the molecule is CCC(=O)Nc1ccc([C@H]2NC(=O)N(C)C(C)=C2C(=O)OC(C)C)cc1. The normalized spacial score (nSPS) is 17.2. The monoisotopic (exact) mass is 359 g/mol. The molecule has 0 radical (unpaired) electrons. The Morgan fingerprint density at radius 3 is 2.42 bits per heavy atom. The molecule has 7 heteroatoms. The van der Waals surface area contributed by atoms with Crippen molar-refractivity contribution in [2.24, 2.45) is 0 Å². The third-order valence-electron chi connectivity index (χ3n) is 4.17. The first-order valence-corrected chi connectivity index (χ1v) is 8.60. The summed E-state index contributed by atoms with van der Waals surface area (Å²) in [7, 11) is 1.60. The lowest BCUT2D eigenvalue weighted by Gasteiger charge is -2.33. The molecular weight excluding hydrogens is 334 g/mol. The molecule has 1 aromatic rings. The van der Waals surface area contributed by atoms with E-state index in [0.29, 0.717) is 23.4 Å². The number of hydrogen-bond acceptors (Lipinski definition) is 4. The summed E-state index contributed by atoms with van der Waals surface area (Å²) in [4.78, 5) is 37.7. The highest BCUT2D eigenvalue weighted by atomic mass is 16.5. The summed E-state index contributed by atoms with van der Waals surface area (Å²) in [6.07, 6.45) is 0.123. The molecule has 0 spiro atoms. The molecule has 2 rings (SSSR count). The number of carbonyl (C=O) groups is 3. The van der Waals surface area contributed by atoms with E-state index in [0.717, 1.165) is 5.56 Å². The maximum absolute atomic E-state index is 12.6. The van der Waals surface area contributed by atoms with Gasteiger partial charge in [-0.2, -0.15) is 0 Å². The van der Waals surface area contributed by atoms with E-state index >= 15 is 0 Å². The largest absolute Gasteiger partial charge is 0.459 e. The number of esters is 1. The standard InChI is InChI=1S/C19H25N3O4/c1-6-15(23)20-14-9-7-13(8-10-14)17-16(18(24)26-11(2)3)12(4)22(5)19(25)21-17/h7-11,17H,6H2,1-5H3,(H,20,23)(H,21,25)/t17-/m1/s1. The lowest BCUT2D eigenvalue weighted by Crippen LogP contribution is -2.46. The lowest BCUT2D eigenvalue weighted by molar-refractivity contribution is -0.143. The van der Waals surface area contributed by atoms with Crippen LogP contribution < -0.4 is 10.6 Å². The summed E-state index contributed by atoms with van der Waals surface area (Å²) >= 11 is 0. The van der Waals surface area contributed by atoms with Crippen LogP contribution in [0.3, 0.4) is 0 Å². The first-order valence-electron chi connectivity index (χ1n) is 8.60. The predicted octanol–water partition coefficient (Wildman–Crippen LogP) is 2.96. The molecule has 0 aromatic heterocycles. The molecule has 140 valence electrons. The van der Waals surface area contributed by atoms with Gasteiger partial charge in [-0.15, -0.1) is 0 Å². The average Bonchev–Trinajstić information content (AvgIpc) is 2.59. The van der Waals surface area contributed by atoms with Gasteiger partial charge in [0.25, 0.3) is 0 Å². The van der Waals surface area contributed by atoms with Crippen LogP contribution in [-0.4, -0.2) is 36.0 Å². The number of allylic oxidation sites excluding steroid dienone is 1. The molecule has 1 aliphatic heterocycles. The van der Waals surface area contributed by atoms with E-state index in [1.54, 1.807) is 59.0 Å². The predicted molar refractivity (Wildman–Crippen MR) is 98.3 cm³/mol. The summed E-state index contributed by atoms with van der Waals surface area (Å²) in [6, 6.07) is 6.13. The number of carbonyl (C=O) groups excluding carboxylic acids is 3. The lowest BCUT2D eigenvalue weighted by atomic mass is 9.95. The number of rotatable bonds is 5. The number of benzene rings is 1. The molecule has 0 saturated heterocycles. The second kappa shape index (κ2) is 8.03. The number of nitrogens with zero attached hydrogens (tertiary/aromatic N) is 1. The molecule has 1 heterocycles. The van der Waals surface area contributed by atoms with Crippen LogP contribution in [0.25, 0.3) is 0 Å². The van der Waals surface area contributed by atoms with Crippen molar-refractivity contribution in [1.29, 1.82) is 0 Å². The van der Waals surface area contributed by atoms with Crippen molar-refractivity contribution in [3.63, 3.8) is 0 Å². The molecule has 1 aliphatic rings. The van der Waals surface area contributed by atoms with E-state index < -0.39 is 12.0 Å². The molecule has 1 aromatic carbocycles. The summed E-state index contributed by atoms with van der Waals surface area (Å²) in [5, 5.41) is 5.60. The molecule has 0 aliphatic carbocycles. The Bertz CT molecular complexity index is 738. The van der Waals surface area contributed by atoms with Crippen LogP contribution >= 0.6 is 0 Å². The Labute approximate surface area is 153 Å². The van der Waals surface area contributed by atoms with Crippen molar-refractivity contribution in [2.75, 3.05) is 12.4 Å². The number of urea groups is 1. The van der Waals surface area contributed by atoms with Gasteiger partial charge in [0.1, 0.15) is 0 Å². The first-order chi connectivity index (χ1) is 12.2. The Balaban J connectivity index is 2.36. The molecule has 0 fully saturated rings. The molecule has 0 unspecified atom stereocenters. The molecule has 3 amide bonds. The van der Waals surface area contributed by atoms with Gasteiger partial charge in [-0.25, -0.2) is 9.59 Å². The number of nitrogens with one attached hydrogen (secondary N) is 2. The summed E-state index contributed by atoms with van der Waals surface area (Å²) in [5.74, 6) is -0.542. The van der Waals surface area contributed by atoms with Crippen LogP contribution in [0.15, 0.2) is 35.5 Å². The van der Waals surface area contributed by atoms with Crippen molar-refractivity contribution in [3.8, 4) is 0 Å². The molecule has 0 bridgehead atoms. The first kappa shape index (κ1) is 19.5. The third-order valence-corrected chi connectivity index (χ3v) is 4.17. The molecule has 1 atom stereocenters.